The van der Waals surface area contributed by atoms with Crippen molar-refractivity contribution in [1.29, 1.82) is 0 Å². The first-order chi connectivity index (χ1) is 16.8. The molecular weight excluding hydrogens is 430 g/mol. The SMILES string of the molecule is CCN1CCN(C2CCN(C3CCN(c4c(C)cnc5ccc(C(C)(C)C)cc45)CC3)CC2)CC1. The van der Waals surface area contributed by atoms with Crippen molar-refractivity contribution in [3.63, 3.8) is 0 Å². The molecule has 5 heteroatoms. The van der Waals surface area contributed by atoms with Gasteiger partial charge in [-0.3, -0.25) is 9.88 Å². The van der Waals surface area contributed by atoms with Crippen molar-refractivity contribution in [2.24, 2.45) is 0 Å². The van der Waals surface area contributed by atoms with E-state index < -0.39 is 0 Å². The maximum atomic E-state index is 4.76. The maximum Gasteiger partial charge on any atom is 0.0723 e. The fourth-order valence-electron chi connectivity index (χ4n) is 6.68. The summed E-state index contributed by atoms with van der Waals surface area (Å²) in [7, 11) is 0. The molecule has 0 aliphatic carbocycles. The molecule has 3 aliphatic heterocycles. The van der Waals surface area contributed by atoms with Gasteiger partial charge in [0.2, 0.25) is 0 Å². The predicted octanol–water partition coefficient (Wildman–Crippen LogP) is 4.91. The maximum absolute atomic E-state index is 4.76. The summed E-state index contributed by atoms with van der Waals surface area (Å²) in [6.07, 6.45) is 7.35. The van der Waals surface area contributed by atoms with Gasteiger partial charge >= 0.3 is 0 Å². The van der Waals surface area contributed by atoms with Crippen LogP contribution in [-0.4, -0.2) is 90.7 Å². The zero-order chi connectivity index (χ0) is 24.6. The predicted molar refractivity (Wildman–Crippen MR) is 149 cm³/mol. The lowest BCUT2D eigenvalue weighted by Crippen LogP contribution is -2.55. The van der Waals surface area contributed by atoms with Gasteiger partial charge in [-0.25, -0.2) is 0 Å². The molecule has 192 valence electrons. The van der Waals surface area contributed by atoms with Gasteiger partial charge in [0, 0.05) is 62.9 Å². The number of anilines is 1. The van der Waals surface area contributed by atoms with Crippen molar-refractivity contribution in [2.75, 3.05) is 63.8 Å². The van der Waals surface area contributed by atoms with Crippen molar-refractivity contribution in [1.82, 2.24) is 19.7 Å². The number of rotatable bonds is 4. The summed E-state index contributed by atoms with van der Waals surface area (Å²) in [6.45, 7) is 22.6. The van der Waals surface area contributed by atoms with E-state index in [0.717, 1.165) is 30.7 Å². The first-order valence-electron chi connectivity index (χ1n) is 14.2. The van der Waals surface area contributed by atoms with E-state index in [9.17, 15) is 0 Å². The lowest BCUT2D eigenvalue weighted by atomic mass is 9.86. The minimum atomic E-state index is 0.151. The zero-order valence-electron chi connectivity index (χ0n) is 22.9. The second-order valence-electron chi connectivity index (χ2n) is 12.2. The Morgan fingerprint density at radius 1 is 0.829 bits per heavy atom. The fourth-order valence-corrected chi connectivity index (χ4v) is 6.68. The van der Waals surface area contributed by atoms with Crippen molar-refractivity contribution in [2.45, 2.75) is 77.8 Å². The van der Waals surface area contributed by atoms with Gasteiger partial charge in [-0.2, -0.15) is 0 Å². The fraction of sp³-hybridized carbons (Fsp3) is 0.700. The van der Waals surface area contributed by atoms with E-state index >= 15 is 0 Å². The lowest BCUT2D eigenvalue weighted by molar-refractivity contribution is 0.0450. The number of hydrogen-bond acceptors (Lipinski definition) is 5. The van der Waals surface area contributed by atoms with E-state index in [4.69, 9.17) is 4.98 Å². The monoisotopic (exact) mass is 477 g/mol. The molecule has 0 radical (unpaired) electrons. The molecule has 5 rings (SSSR count). The summed E-state index contributed by atoms with van der Waals surface area (Å²) >= 11 is 0. The number of piperidine rings is 2. The minimum Gasteiger partial charge on any atom is -0.371 e. The molecule has 5 nitrogen and oxygen atoms in total. The average Bonchev–Trinajstić information content (AvgIpc) is 2.88. The molecule has 0 unspecified atom stereocenters. The Bertz CT molecular complexity index is 988. The lowest BCUT2D eigenvalue weighted by Gasteiger charge is -2.46. The Morgan fingerprint density at radius 3 is 2.03 bits per heavy atom. The number of hydrogen-bond donors (Lipinski definition) is 0. The highest BCUT2D eigenvalue weighted by Gasteiger charge is 2.32. The van der Waals surface area contributed by atoms with Crippen LogP contribution in [-0.2, 0) is 5.41 Å². The molecule has 3 fully saturated rings. The van der Waals surface area contributed by atoms with Gasteiger partial charge in [-0.15, -0.1) is 0 Å². The van der Waals surface area contributed by atoms with Crippen LogP contribution in [0.15, 0.2) is 24.4 Å². The van der Waals surface area contributed by atoms with Crippen LogP contribution in [0, 0.1) is 6.92 Å². The van der Waals surface area contributed by atoms with Crippen molar-refractivity contribution >= 4 is 16.6 Å². The molecule has 0 saturated carbocycles. The third kappa shape index (κ3) is 5.38. The molecule has 1 aromatic carbocycles. The van der Waals surface area contributed by atoms with Gasteiger partial charge in [-0.05, 0) is 80.9 Å². The normalized spacial score (nSPS) is 22.8. The molecule has 0 spiro atoms. The molecule has 1 aromatic heterocycles. The summed E-state index contributed by atoms with van der Waals surface area (Å²) in [5.41, 5.74) is 5.41. The van der Waals surface area contributed by atoms with Crippen LogP contribution in [0.3, 0.4) is 0 Å². The molecular formula is C30H47N5. The quantitative estimate of drug-likeness (QED) is 0.623. The highest BCUT2D eigenvalue weighted by atomic mass is 15.3. The van der Waals surface area contributed by atoms with Crippen LogP contribution in [0.5, 0.6) is 0 Å². The molecule has 4 heterocycles. The topological polar surface area (TPSA) is 25.9 Å². The summed E-state index contributed by atoms with van der Waals surface area (Å²) in [6, 6.07) is 8.45. The van der Waals surface area contributed by atoms with E-state index in [1.807, 2.05) is 0 Å². The second kappa shape index (κ2) is 10.4. The molecule has 2 aromatic rings. The van der Waals surface area contributed by atoms with Gasteiger partial charge in [-0.1, -0.05) is 33.8 Å². The minimum absolute atomic E-state index is 0.151. The van der Waals surface area contributed by atoms with Crippen molar-refractivity contribution < 1.29 is 0 Å². The molecule has 35 heavy (non-hydrogen) atoms. The number of aryl methyl sites for hydroxylation is 1. The molecule has 0 N–H and O–H groups in total. The van der Waals surface area contributed by atoms with Crippen LogP contribution in [0.2, 0.25) is 0 Å². The first kappa shape index (κ1) is 25.0. The van der Waals surface area contributed by atoms with Crippen LogP contribution in [0.4, 0.5) is 5.69 Å². The third-order valence-corrected chi connectivity index (χ3v) is 9.06. The van der Waals surface area contributed by atoms with Gasteiger partial charge < -0.3 is 14.7 Å². The van der Waals surface area contributed by atoms with Gasteiger partial charge in [0.25, 0.3) is 0 Å². The smallest absolute Gasteiger partial charge is 0.0723 e. The Labute approximate surface area is 213 Å². The zero-order valence-corrected chi connectivity index (χ0v) is 22.9. The van der Waals surface area contributed by atoms with Crippen molar-refractivity contribution in [3.05, 3.63) is 35.5 Å². The molecule has 3 aliphatic rings. The Hall–Kier alpha value is -1.69. The summed E-state index contributed by atoms with van der Waals surface area (Å²) < 4.78 is 0. The molecule has 3 saturated heterocycles. The molecule has 0 atom stereocenters. The van der Waals surface area contributed by atoms with E-state index in [-0.39, 0.29) is 5.41 Å². The first-order valence-corrected chi connectivity index (χ1v) is 14.2. The molecule has 0 bridgehead atoms. The van der Waals surface area contributed by atoms with E-state index in [1.165, 1.54) is 93.7 Å². The highest BCUT2D eigenvalue weighted by Crippen LogP contribution is 2.35. The Balaban J connectivity index is 1.20. The molecule has 0 amide bonds. The van der Waals surface area contributed by atoms with E-state index in [0.29, 0.717) is 0 Å². The standard InChI is InChI=1S/C30H47N5/c1-6-32-17-19-34(20-18-32)26-9-13-33(14-10-26)25-11-15-35(16-12-25)29-23(2)22-31-28-8-7-24(21-27(28)29)30(3,4)5/h7-8,21-22,25-26H,6,9-20H2,1-5H3. The van der Waals surface area contributed by atoms with E-state index in [2.05, 4.69) is 78.6 Å². The summed E-state index contributed by atoms with van der Waals surface area (Å²) in [5.74, 6) is 0. The van der Waals surface area contributed by atoms with E-state index in [1.54, 1.807) is 0 Å². The van der Waals surface area contributed by atoms with Crippen LogP contribution in [0.25, 0.3) is 10.9 Å². The number of fused-ring (bicyclic) bond motifs is 1. The van der Waals surface area contributed by atoms with Gasteiger partial charge in [0.1, 0.15) is 0 Å². The second-order valence-corrected chi connectivity index (χ2v) is 12.2. The van der Waals surface area contributed by atoms with Crippen molar-refractivity contribution in [3.8, 4) is 0 Å². The van der Waals surface area contributed by atoms with Crippen LogP contribution >= 0.6 is 0 Å². The number of benzene rings is 1. The average molecular weight is 478 g/mol. The number of piperazine rings is 1. The largest absolute Gasteiger partial charge is 0.371 e. The Kier molecular flexibility index (Phi) is 7.39. The van der Waals surface area contributed by atoms with Gasteiger partial charge in [0.15, 0.2) is 0 Å². The van der Waals surface area contributed by atoms with Crippen LogP contribution < -0.4 is 4.90 Å². The number of nitrogens with zero attached hydrogens (tertiary/aromatic N) is 5. The number of likely N-dealkylation sites (tertiary alicyclic amines) is 1. The summed E-state index contributed by atoms with van der Waals surface area (Å²) in [4.78, 5) is 15.6. The Morgan fingerprint density at radius 2 is 1.43 bits per heavy atom. The number of aromatic nitrogens is 1. The van der Waals surface area contributed by atoms with Gasteiger partial charge in [0.05, 0.1) is 11.2 Å². The van der Waals surface area contributed by atoms with Crippen LogP contribution in [0.1, 0.15) is 64.5 Å². The third-order valence-electron chi connectivity index (χ3n) is 9.06. The number of likely N-dealkylation sites (N-methyl/N-ethyl adjacent to an activating group) is 1. The number of pyridine rings is 1. The highest BCUT2D eigenvalue weighted by molar-refractivity contribution is 5.94. The summed E-state index contributed by atoms with van der Waals surface area (Å²) in [5, 5.41) is 1.33.